The van der Waals surface area contributed by atoms with Gasteiger partial charge in [0.15, 0.2) is 0 Å². The van der Waals surface area contributed by atoms with Crippen molar-refractivity contribution in [2.24, 2.45) is 23.0 Å². The highest BCUT2D eigenvalue weighted by molar-refractivity contribution is 5.67. The molecule has 2 N–H and O–H groups in total. The molecule has 0 aliphatic heterocycles. The van der Waals surface area contributed by atoms with Crippen molar-refractivity contribution in [1.29, 1.82) is 0 Å². The van der Waals surface area contributed by atoms with Crippen molar-refractivity contribution in [2.75, 3.05) is 0 Å². The Bertz CT molecular complexity index is 408. The van der Waals surface area contributed by atoms with Gasteiger partial charge in [-0.15, -0.1) is 0 Å². The molecular weight excluding hydrogens is 258 g/mol. The zero-order valence-electron chi connectivity index (χ0n) is 12.1. The highest BCUT2D eigenvalue weighted by Crippen LogP contribution is 2.62. The summed E-state index contributed by atoms with van der Waals surface area (Å²) >= 11 is 0. The molecule has 0 aromatic rings. The third-order valence-electron chi connectivity index (χ3n) is 5.67. The number of ether oxygens (including phenoxy) is 2. The Morgan fingerprint density at radius 3 is 2.00 bits per heavy atom. The van der Waals surface area contributed by atoms with Crippen LogP contribution in [0.3, 0.4) is 0 Å². The maximum absolute atomic E-state index is 11.3. The first-order valence-electron chi connectivity index (χ1n) is 7.52. The van der Waals surface area contributed by atoms with Crippen LogP contribution in [0.5, 0.6) is 0 Å². The maximum atomic E-state index is 11.3. The molecule has 0 heterocycles. The number of hydrogen-bond acceptors (Lipinski definition) is 5. The van der Waals surface area contributed by atoms with Crippen LogP contribution in [0.4, 0.5) is 0 Å². The predicted molar refractivity (Wildman–Crippen MR) is 71.6 cm³/mol. The van der Waals surface area contributed by atoms with Crippen LogP contribution in [-0.4, -0.2) is 30.2 Å². The van der Waals surface area contributed by atoms with Crippen molar-refractivity contribution in [3.63, 3.8) is 0 Å². The Morgan fingerprint density at radius 1 is 1.05 bits per heavy atom. The van der Waals surface area contributed by atoms with Gasteiger partial charge in [-0.2, -0.15) is 0 Å². The van der Waals surface area contributed by atoms with E-state index in [1.54, 1.807) is 0 Å². The van der Waals surface area contributed by atoms with Crippen molar-refractivity contribution in [3.05, 3.63) is 0 Å². The van der Waals surface area contributed by atoms with E-state index < -0.39 is 0 Å². The van der Waals surface area contributed by atoms with Gasteiger partial charge in [-0.1, -0.05) is 0 Å². The Morgan fingerprint density at radius 2 is 1.60 bits per heavy atom. The Balaban J connectivity index is 1.81. The normalized spacial score (nSPS) is 45.9. The summed E-state index contributed by atoms with van der Waals surface area (Å²) < 4.78 is 10.8. The molecule has 2 bridgehead atoms. The van der Waals surface area contributed by atoms with Gasteiger partial charge in [0.25, 0.3) is 0 Å². The van der Waals surface area contributed by atoms with Crippen molar-refractivity contribution in [3.8, 4) is 0 Å². The number of carbonyl (C=O) groups excluding carboxylic acids is 2. The molecule has 3 fully saturated rings. The minimum absolute atomic E-state index is 0.00313. The van der Waals surface area contributed by atoms with E-state index in [-0.39, 0.29) is 35.6 Å². The highest BCUT2D eigenvalue weighted by Gasteiger charge is 2.62. The number of fused-ring (bicyclic) bond motifs is 3. The lowest BCUT2D eigenvalue weighted by Crippen LogP contribution is -2.45. The van der Waals surface area contributed by atoms with Gasteiger partial charge in [0.05, 0.1) is 0 Å². The topological polar surface area (TPSA) is 78.6 Å². The van der Waals surface area contributed by atoms with Crippen LogP contribution in [0.2, 0.25) is 0 Å². The summed E-state index contributed by atoms with van der Waals surface area (Å²) in [5.74, 6) is 0.553. The molecule has 0 aromatic carbocycles. The van der Waals surface area contributed by atoms with Crippen LogP contribution in [0, 0.1) is 17.3 Å². The van der Waals surface area contributed by atoms with Crippen molar-refractivity contribution >= 4 is 11.9 Å². The molecule has 5 heteroatoms. The summed E-state index contributed by atoms with van der Waals surface area (Å²) in [6, 6.07) is 0.153. The summed E-state index contributed by atoms with van der Waals surface area (Å²) in [7, 11) is 0. The van der Waals surface area contributed by atoms with Crippen LogP contribution in [-0.2, 0) is 19.1 Å². The number of esters is 2. The first kappa shape index (κ1) is 13.9. The smallest absolute Gasteiger partial charge is 0.303 e. The molecule has 3 saturated carbocycles. The molecule has 3 rings (SSSR count). The van der Waals surface area contributed by atoms with Gasteiger partial charge in [-0.05, 0) is 49.4 Å². The van der Waals surface area contributed by atoms with E-state index >= 15 is 0 Å². The average Bonchev–Trinajstić information content (AvgIpc) is 2.98. The highest BCUT2D eigenvalue weighted by atomic mass is 16.6. The second-order valence-electron chi connectivity index (χ2n) is 6.73. The van der Waals surface area contributed by atoms with E-state index in [1.807, 2.05) is 0 Å². The van der Waals surface area contributed by atoms with E-state index in [2.05, 4.69) is 0 Å². The van der Waals surface area contributed by atoms with Gasteiger partial charge >= 0.3 is 11.9 Å². The van der Waals surface area contributed by atoms with Gasteiger partial charge in [0.1, 0.15) is 12.2 Å². The second kappa shape index (κ2) is 4.72. The van der Waals surface area contributed by atoms with Crippen LogP contribution in [0.15, 0.2) is 0 Å². The van der Waals surface area contributed by atoms with Gasteiger partial charge in [0, 0.05) is 19.9 Å². The summed E-state index contributed by atoms with van der Waals surface area (Å²) in [5, 5.41) is 0. The fourth-order valence-electron chi connectivity index (χ4n) is 4.97. The van der Waals surface area contributed by atoms with Crippen molar-refractivity contribution in [1.82, 2.24) is 0 Å². The quantitative estimate of drug-likeness (QED) is 0.774. The Kier molecular flexibility index (Phi) is 3.27. The lowest BCUT2D eigenvalue weighted by atomic mass is 9.69. The Labute approximate surface area is 119 Å². The molecule has 3 aliphatic carbocycles. The van der Waals surface area contributed by atoms with Gasteiger partial charge in [0.2, 0.25) is 0 Å². The lowest BCUT2D eigenvalue weighted by molar-refractivity contribution is -0.162. The zero-order chi connectivity index (χ0) is 14.5. The molecular formula is C15H23NO4. The number of carbonyl (C=O) groups is 2. The van der Waals surface area contributed by atoms with E-state index in [0.717, 1.165) is 12.8 Å². The van der Waals surface area contributed by atoms with E-state index in [4.69, 9.17) is 15.2 Å². The number of nitrogens with two attached hydrogens (primary N) is 1. The first-order valence-corrected chi connectivity index (χ1v) is 7.52. The number of hydrogen-bond donors (Lipinski definition) is 1. The van der Waals surface area contributed by atoms with Crippen LogP contribution in [0.1, 0.15) is 46.0 Å². The molecule has 1 spiro atoms. The van der Waals surface area contributed by atoms with Gasteiger partial charge < -0.3 is 15.2 Å². The monoisotopic (exact) mass is 281 g/mol. The Hall–Kier alpha value is -1.10. The number of rotatable bonds is 2. The van der Waals surface area contributed by atoms with E-state index in [9.17, 15) is 9.59 Å². The summed E-state index contributed by atoms with van der Waals surface area (Å²) in [6.45, 7) is 2.80. The van der Waals surface area contributed by atoms with Crippen molar-refractivity contribution < 1.29 is 19.1 Å². The predicted octanol–water partition coefficient (Wildman–Crippen LogP) is 1.39. The molecule has 0 saturated heterocycles. The summed E-state index contributed by atoms with van der Waals surface area (Å²) in [6.07, 6.45) is 4.42. The standard InChI is InChI=1S/C15H23NO4/c1-8(17)19-12-6-15(7-13(12)20-9(2)18)11-4-3-10(5-11)14(15)16/h10-14H,3-7,16H2,1-2H3/t10?,11-,12+,13?,14+,15?/m1/s1. The third kappa shape index (κ3) is 2.03. The molecule has 3 aliphatic rings. The van der Waals surface area contributed by atoms with Gasteiger partial charge in [-0.3, -0.25) is 9.59 Å². The SMILES string of the molecule is CC(=O)OC1CC2(C[C@@H]1OC(C)=O)[C@@H]1CCC(C1)[C@@H]2N. The molecule has 0 amide bonds. The molecule has 0 radical (unpaired) electrons. The van der Waals surface area contributed by atoms with Gasteiger partial charge in [-0.25, -0.2) is 0 Å². The zero-order valence-corrected chi connectivity index (χ0v) is 12.1. The fourth-order valence-corrected chi connectivity index (χ4v) is 4.97. The van der Waals surface area contributed by atoms with Crippen LogP contribution < -0.4 is 5.73 Å². The lowest BCUT2D eigenvalue weighted by Gasteiger charge is -2.39. The minimum atomic E-state index is -0.332. The van der Waals surface area contributed by atoms with Crippen LogP contribution >= 0.6 is 0 Å². The molecule has 0 aromatic heterocycles. The summed E-state index contributed by atoms with van der Waals surface area (Å²) in [5.41, 5.74) is 6.47. The van der Waals surface area contributed by atoms with E-state index in [0.29, 0.717) is 11.8 Å². The van der Waals surface area contributed by atoms with Crippen LogP contribution in [0.25, 0.3) is 0 Å². The molecule has 112 valence electrons. The average molecular weight is 281 g/mol. The molecule has 5 nitrogen and oxygen atoms in total. The first-order chi connectivity index (χ1) is 9.42. The third-order valence-corrected chi connectivity index (χ3v) is 5.67. The second-order valence-corrected chi connectivity index (χ2v) is 6.73. The van der Waals surface area contributed by atoms with Crippen molar-refractivity contribution in [2.45, 2.75) is 64.2 Å². The fraction of sp³-hybridized carbons (Fsp3) is 0.867. The summed E-state index contributed by atoms with van der Waals surface area (Å²) in [4.78, 5) is 22.6. The van der Waals surface area contributed by atoms with E-state index in [1.165, 1.54) is 33.1 Å². The largest absolute Gasteiger partial charge is 0.459 e. The maximum Gasteiger partial charge on any atom is 0.303 e. The molecule has 6 atom stereocenters. The molecule has 3 unspecified atom stereocenters. The minimum Gasteiger partial charge on any atom is -0.459 e. The molecule has 20 heavy (non-hydrogen) atoms.